The molecule has 3 nitrogen and oxygen atoms in total. The van der Waals surface area contributed by atoms with E-state index >= 15 is 0 Å². The lowest BCUT2D eigenvalue weighted by atomic mass is 10.1. The molecule has 0 aliphatic rings. The van der Waals surface area contributed by atoms with Crippen molar-refractivity contribution < 1.29 is 9.53 Å². The van der Waals surface area contributed by atoms with Crippen LogP contribution in [-0.4, -0.2) is 25.4 Å². The van der Waals surface area contributed by atoms with Crippen molar-refractivity contribution in [1.29, 1.82) is 0 Å². The Kier molecular flexibility index (Phi) is 4.82. The van der Waals surface area contributed by atoms with Crippen molar-refractivity contribution in [2.45, 2.75) is 20.0 Å². The first-order chi connectivity index (χ1) is 7.91. The second-order valence-corrected chi connectivity index (χ2v) is 4.85. The van der Waals surface area contributed by atoms with Crippen LogP contribution in [0, 0.1) is 5.92 Å². The van der Waals surface area contributed by atoms with E-state index in [0.29, 0.717) is 5.75 Å². The Morgan fingerprint density at radius 1 is 1.35 bits per heavy atom. The highest BCUT2D eigenvalue weighted by Gasteiger charge is 2.22. The van der Waals surface area contributed by atoms with Gasteiger partial charge in [-0.2, -0.15) is 0 Å². The van der Waals surface area contributed by atoms with E-state index in [0.717, 1.165) is 5.69 Å². The molecule has 0 radical (unpaired) electrons. The molecule has 0 heterocycles. The maximum absolute atomic E-state index is 11.2. The Labute approximate surface area is 107 Å². The monoisotopic (exact) mass is 255 g/mol. The van der Waals surface area contributed by atoms with Gasteiger partial charge in [-0.3, -0.25) is 4.79 Å². The van der Waals surface area contributed by atoms with Crippen LogP contribution in [0.4, 0.5) is 5.69 Å². The van der Waals surface area contributed by atoms with Crippen LogP contribution in [0.1, 0.15) is 13.8 Å². The Hall–Kier alpha value is -1.22. The van der Waals surface area contributed by atoms with E-state index in [9.17, 15) is 4.79 Å². The first kappa shape index (κ1) is 13.8. The van der Waals surface area contributed by atoms with Crippen LogP contribution in [0.25, 0.3) is 0 Å². The summed E-state index contributed by atoms with van der Waals surface area (Å²) >= 11 is 5.52. The smallest absolute Gasteiger partial charge is 0.262 e. The van der Waals surface area contributed by atoms with Gasteiger partial charge in [-0.1, -0.05) is 19.9 Å². The summed E-state index contributed by atoms with van der Waals surface area (Å²) < 4.78 is 5.62. The fourth-order valence-corrected chi connectivity index (χ4v) is 1.72. The molecule has 0 aliphatic carbocycles. The maximum Gasteiger partial charge on any atom is 0.262 e. The molecule has 0 fully saturated rings. The minimum absolute atomic E-state index is 0.0445. The van der Waals surface area contributed by atoms with Gasteiger partial charge in [0.25, 0.3) is 5.24 Å². The molecule has 0 aliphatic heterocycles. The molecule has 1 unspecified atom stereocenters. The largest absolute Gasteiger partial charge is 0.481 e. The summed E-state index contributed by atoms with van der Waals surface area (Å²) in [5.74, 6) is 0.701. The van der Waals surface area contributed by atoms with Gasteiger partial charge in [0, 0.05) is 25.8 Å². The van der Waals surface area contributed by atoms with Crippen molar-refractivity contribution in [2.75, 3.05) is 19.0 Å². The molecular weight excluding hydrogens is 238 g/mol. The number of carbonyl (C=O) groups is 1. The average Bonchev–Trinajstić information content (AvgIpc) is 2.25. The summed E-state index contributed by atoms with van der Waals surface area (Å²) in [5, 5.41) is -0.463. The van der Waals surface area contributed by atoms with Gasteiger partial charge < -0.3 is 9.64 Å². The van der Waals surface area contributed by atoms with Crippen LogP contribution >= 0.6 is 11.6 Å². The number of ether oxygens (including phenoxy) is 1. The van der Waals surface area contributed by atoms with Crippen LogP contribution < -0.4 is 9.64 Å². The number of hydrogen-bond acceptors (Lipinski definition) is 3. The van der Waals surface area contributed by atoms with Gasteiger partial charge in [-0.25, -0.2) is 0 Å². The Morgan fingerprint density at radius 2 is 2.00 bits per heavy atom. The van der Waals surface area contributed by atoms with Gasteiger partial charge >= 0.3 is 0 Å². The van der Waals surface area contributed by atoms with Crippen molar-refractivity contribution in [1.82, 2.24) is 0 Å². The lowest BCUT2D eigenvalue weighted by molar-refractivity contribution is -0.119. The number of anilines is 1. The summed E-state index contributed by atoms with van der Waals surface area (Å²) in [6.07, 6.45) is -0.603. The molecule has 0 aromatic heterocycles. The molecular formula is C13H18ClNO2. The van der Waals surface area contributed by atoms with Crippen LogP contribution in [0.2, 0.25) is 0 Å². The van der Waals surface area contributed by atoms with Gasteiger partial charge in [0.2, 0.25) is 0 Å². The molecule has 1 aromatic carbocycles. The van der Waals surface area contributed by atoms with E-state index in [4.69, 9.17) is 16.3 Å². The Balaban J connectivity index is 2.86. The van der Waals surface area contributed by atoms with E-state index in [-0.39, 0.29) is 5.92 Å². The van der Waals surface area contributed by atoms with Gasteiger partial charge in [0.15, 0.2) is 6.10 Å². The summed E-state index contributed by atoms with van der Waals surface area (Å²) in [6.45, 7) is 3.81. The molecule has 0 saturated carbocycles. The third-order valence-corrected chi connectivity index (χ3v) is 2.64. The zero-order valence-electron chi connectivity index (χ0n) is 10.6. The fourth-order valence-electron chi connectivity index (χ4n) is 1.43. The normalized spacial score (nSPS) is 12.4. The lowest BCUT2D eigenvalue weighted by Gasteiger charge is -2.20. The predicted molar refractivity (Wildman–Crippen MR) is 70.9 cm³/mol. The molecule has 0 amide bonds. The molecule has 0 N–H and O–H groups in total. The quantitative estimate of drug-likeness (QED) is 0.758. The number of carbonyl (C=O) groups excluding carboxylic acids is 1. The summed E-state index contributed by atoms with van der Waals surface area (Å²) in [4.78, 5) is 13.2. The predicted octanol–water partition coefficient (Wildman–Crippen LogP) is 2.92. The van der Waals surface area contributed by atoms with Crippen LogP contribution in [0.5, 0.6) is 5.75 Å². The zero-order valence-corrected chi connectivity index (χ0v) is 11.4. The number of hydrogen-bond donors (Lipinski definition) is 0. The van der Waals surface area contributed by atoms with E-state index in [1.807, 2.05) is 57.1 Å². The van der Waals surface area contributed by atoms with Gasteiger partial charge in [0.1, 0.15) is 5.75 Å². The highest BCUT2D eigenvalue weighted by atomic mass is 35.5. The minimum atomic E-state index is -0.603. The van der Waals surface area contributed by atoms with E-state index < -0.39 is 11.3 Å². The van der Waals surface area contributed by atoms with Crippen molar-refractivity contribution >= 4 is 22.5 Å². The van der Waals surface area contributed by atoms with E-state index in [1.54, 1.807) is 0 Å². The zero-order chi connectivity index (χ0) is 13.0. The number of nitrogens with zero attached hydrogens (tertiary/aromatic N) is 1. The molecule has 0 spiro atoms. The molecule has 0 saturated heterocycles. The molecule has 1 rings (SSSR count). The molecule has 4 heteroatoms. The van der Waals surface area contributed by atoms with Gasteiger partial charge in [-0.15, -0.1) is 0 Å². The molecule has 1 atom stereocenters. The fraction of sp³-hybridized carbons (Fsp3) is 0.462. The summed E-state index contributed by atoms with van der Waals surface area (Å²) in [5.41, 5.74) is 1.02. The second-order valence-electron chi connectivity index (χ2n) is 4.48. The SMILES string of the molecule is CC(C)C(Oc1cccc(N(C)C)c1)C(=O)Cl. The molecule has 94 valence electrons. The summed E-state index contributed by atoms with van der Waals surface area (Å²) in [7, 11) is 3.90. The van der Waals surface area contributed by atoms with E-state index in [1.165, 1.54) is 0 Å². The summed E-state index contributed by atoms with van der Waals surface area (Å²) in [6, 6.07) is 7.57. The van der Waals surface area contributed by atoms with Gasteiger partial charge in [0.05, 0.1) is 0 Å². The van der Waals surface area contributed by atoms with Crippen molar-refractivity contribution in [3.05, 3.63) is 24.3 Å². The first-order valence-electron chi connectivity index (χ1n) is 5.55. The topological polar surface area (TPSA) is 29.5 Å². The van der Waals surface area contributed by atoms with Crippen LogP contribution in [-0.2, 0) is 4.79 Å². The Morgan fingerprint density at radius 3 is 2.47 bits per heavy atom. The molecule has 17 heavy (non-hydrogen) atoms. The average molecular weight is 256 g/mol. The van der Waals surface area contributed by atoms with Crippen LogP contribution in [0.3, 0.4) is 0 Å². The van der Waals surface area contributed by atoms with Crippen molar-refractivity contribution in [3.8, 4) is 5.75 Å². The van der Waals surface area contributed by atoms with Gasteiger partial charge in [-0.05, 0) is 29.7 Å². The lowest BCUT2D eigenvalue weighted by Crippen LogP contribution is -2.29. The highest BCUT2D eigenvalue weighted by molar-refractivity contribution is 6.64. The standard InChI is InChI=1S/C13H18ClNO2/c1-9(2)12(13(14)16)17-11-7-5-6-10(8-11)15(3)4/h5-9,12H,1-4H3. The van der Waals surface area contributed by atoms with Crippen LogP contribution in [0.15, 0.2) is 24.3 Å². The Bertz CT molecular complexity index is 391. The third kappa shape index (κ3) is 3.93. The maximum atomic E-state index is 11.2. The van der Waals surface area contributed by atoms with Crippen molar-refractivity contribution in [2.24, 2.45) is 5.92 Å². The number of halogens is 1. The molecule has 0 bridgehead atoms. The third-order valence-electron chi connectivity index (χ3n) is 2.43. The highest BCUT2D eigenvalue weighted by Crippen LogP contribution is 2.22. The first-order valence-corrected chi connectivity index (χ1v) is 5.93. The second kappa shape index (κ2) is 5.92. The molecule has 1 aromatic rings. The van der Waals surface area contributed by atoms with Crippen molar-refractivity contribution in [3.63, 3.8) is 0 Å². The minimum Gasteiger partial charge on any atom is -0.481 e. The number of rotatable bonds is 5. The van der Waals surface area contributed by atoms with E-state index in [2.05, 4.69) is 0 Å². The number of benzene rings is 1.